The molecule has 3 aromatic heterocycles. The van der Waals surface area contributed by atoms with E-state index in [0.29, 0.717) is 30.3 Å². The first kappa shape index (κ1) is 18.4. The molecule has 4 heterocycles. The fourth-order valence-electron chi connectivity index (χ4n) is 3.11. The molecule has 7 nitrogen and oxygen atoms in total. The van der Waals surface area contributed by atoms with Gasteiger partial charge in [-0.15, -0.1) is 11.3 Å². The highest BCUT2D eigenvalue weighted by atomic mass is 32.1. The first-order chi connectivity index (χ1) is 13.7. The first-order valence-corrected chi connectivity index (χ1v) is 9.97. The summed E-state index contributed by atoms with van der Waals surface area (Å²) in [4.78, 5) is 30.7. The van der Waals surface area contributed by atoms with Crippen LogP contribution in [0.5, 0.6) is 5.75 Å². The minimum absolute atomic E-state index is 0.0447. The van der Waals surface area contributed by atoms with Gasteiger partial charge in [-0.2, -0.15) is 0 Å². The maximum Gasteiger partial charge on any atom is 0.265 e. The third-order valence-electron chi connectivity index (χ3n) is 4.57. The number of hydrogen-bond acceptors (Lipinski definition) is 7. The predicted octanol–water partition coefficient (Wildman–Crippen LogP) is 2.78. The Morgan fingerprint density at radius 2 is 2.00 bits per heavy atom. The maximum atomic E-state index is 13.0. The zero-order valence-corrected chi connectivity index (χ0v) is 16.4. The van der Waals surface area contributed by atoms with Crippen molar-refractivity contribution in [1.29, 1.82) is 0 Å². The van der Waals surface area contributed by atoms with Crippen molar-refractivity contribution in [3.05, 3.63) is 64.5 Å². The number of ether oxygens (including phenoxy) is 1. The van der Waals surface area contributed by atoms with Crippen LogP contribution < -0.4 is 9.64 Å². The van der Waals surface area contributed by atoms with E-state index in [4.69, 9.17) is 4.74 Å². The Labute approximate surface area is 167 Å². The number of aryl methyl sites for hydroxylation is 1. The van der Waals surface area contributed by atoms with E-state index >= 15 is 0 Å². The van der Waals surface area contributed by atoms with Crippen LogP contribution in [-0.4, -0.2) is 51.9 Å². The quantitative estimate of drug-likeness (QED) is 0.662. The monoisotopic (exact) mass is 395 g/mol. The minimum atomic E-state index is 0.0447. The van der Waals surface area contributed by atoms with E-state index in [2.05, 4.69) is 19.9 Å². The summed E-state index contributed by atoms with van der Waals surface area (Å²) in [6, 6.07) is 9.56. The largest absolute Gasteiger partial charge is 0.485 e. The van der Waals surface area contributed by atoms with Gasteiger partial charge in [-0.05, 0) is 31.2 Å². The molecule has 1 fully saturated rings. The fraction of sp³-hybridized carbons (Fsp3) is 0.300. The molecule has 0 aliphatic carbocycles. The average molecular weight is 395 g/mol. The van der Waals surface area contributed by atoms with E-state index in [0.717, 1.165) is 29.6 Å². The fourth-order valence-corrected chi connectivity index (χ4v) is 4.06. The standard InChI is InChI=1S/C20H21N5O2S/c1-15-19(28-18(23-15)14-27-16-5-4-7-21-13-16)20(26)25-11-9-24(10-12-25)17-6-2-3-8-22-17/h2-8,13H,9-12,14H2,1H3. The number of carbonyl (C=O) groups is 1. The van der Waals surface area contributed by atoms with Gasteiger partial charge < -0.3 is 14.5 Å². The Morgan fingerprint density at radius 3 is 2.71 bits per heavy atom. The van der Waals surface area contributed by atoms with E-state index < -0.39 is 0 Å². The van der Waals surface area contributed by atoms with Crippen LogP contribution in [-0.2, 0) is 6.61 Å². The summed E-state index contributed by atoms with van der Waals surface area (Å²) in [6.07, 6.45) is 5.15. The van der Waals surface area contributed by atoms with Crippen molar-refractivity contribution < 1.29 is 9.53 Å². The lowest BCUT2D eigenvalue weighted by molar-refractivity contribution is 0.0750. The number of nitrogens with zero attached hydrogens (tertiary/aromatic N) is 5. The van der Waals surface area contributed by atoms with Gasteiger partial charge in [-0.3, -0.25) is 9.78 Å². The van der Waals surface area contributed by atoms with Gasteiger partial charge >= 0.3 is 0 Å². The molecule has 4 rings (SSSR count). The van der Waals surface area contributed by atoms with Crippen molar-refractivity contribution in [3.63, 3.8) is 0 Å². The molecule has 1 aliphatic heterocycles. The van der Waals surface area contributed by atoms with Crippen LogP contribution in [0.4, 0.5) is 5.82 Å². The highest BCUT2D eigenvalue weighted by Crippen LogP contribution is 2.23. The summed E-state index contributed by atoms with van der Waals surface area (Å²) < 4.78 is 5.70. The molecule has 0 unspecified atom stereocenters. The molecule has 8 heteroatoms. The van der Waals surface area contributed by atoms with Gasteiger partial charge in [0.15, 0.2) is 0 Å². The van der Waals surface area contributed by atoms with Crippen LogP contribution in [0.1, 0.15) is 20.4 Å². The van der Waals surface area contributed by atoms with E-state index in [1.54, 1.807) is 18.6 Å². The van der Waals surface area contributed by atoms with Crippen LogP contribution in [0.15, 0.2) is 48.9 Å². The lowest BCUT2D eigenvalue weighted by atomic mass is 10.2. The van der Waals surface area contributed by atoms with Crippen LogP contribution in [0.3, 0.4) is 0 Å². The lowest BCUT2D eigenvalue weighted by Gasteiger charge is -2.35. The maximum absolute atomic E-state index is 13.0. The summed E-state index contributed by atoms with van der Waals surface area (Å²) in [5, 5.41) is 0.789. The van der Waals surface area contributed by atoms with Crippen LogP contribution in [0.2, 0.25) is 0 Å². The number of aromatic nitrogens is 3. The molecule has 0 bridgehead atoms. The lowest BCUT2D eigenvalue weighted by Crippen LogP contribution is -2.49. The van der Waals surface area contributed by atoms with Gasteiger partial charge in [0.1, 0.15) is 28.1 Å². The highest BCUT2D eigenvalue weighted by molar-refractivity contribution is 7.13. The summed E-state index contributed by atoms with van der Waals surface area (Å²) in [7, 11) is 0. The second-order valence-corrected chi connectivity index (χ2v) is 7.55. The molecule has 0 radical (unpaired) electrons. The molecule has 0 aromatic carbocycles. The Balaban J connectivity index is 1.37. The average Bonchev–Trinajstić information content (AvgIpc) is 3.14. The summed E-state index contributed by atoms with van der Waals surface area (Å²) in [6.45, 7) is 5.11. The molecular formula is C20H21N5O2S. The molecule has 3 aromatic rings. The summed E-state index contributed by atoms with van der Waals surface area (Å²) in [5.74, 6) is 1.69. The molecule has 0 N–H and O–H groups in total. The van der Waals surface area contributed by atoms with Crippen molar-refractivity contribution in [2.24, 2.45) is 0 Å². The van der Waals surface area contributed by atoms with E-state index in [-0.39, 0.29) is 5.91 Å². The van der Waals surface area contributed by atoms with Crippen molar-refractivity contribution in [2.75, 3.05) is 31.1 Å². The van der Waals surface area contributed by atoms with Crippen LogP contribution in [0, 0.1) is 6.92 Å². The minimum Gasteiger partial charge on any atom is -0.485 e. The number of thiazole rings is 1. The van der Waals surface area contributed by atoms with Crippen molar-refractivity contribution in [2.45, 2.75) is 13.5 Å². The molecule has 0 atom stereocenters. The van der Waals surface area contributed by atoms with Gasteiger partial charge in [-0.25, -0.2) is 9.97 Å². The predicted molar refractivity (Wildman–Crippen MR) is 108 cm³/mol. The smallest absolute Gasteiger partial charge is 0.265 e. The number of amides is 1. The molecule has 0 saturated carbocycles. The molecule has 28 heavy (non-hydrogen) atoms. The molecule has 144 valence electrons. The Hall–Kier alpha value is -3.00. The van der Waals surface area contributed by atoms with E-state index in [9.17, 15) is 4.79 Å². The number of pyridine rings is 2. The van der Waals surface area contributed by atoms with Gasteiger partial charge in [-0.1, -0.05) is 6.07 Å². The SMILES string of the molecule is Cc1nc(COc2cccnc2)sc1C(=O)N1CCN(c2ccccn2)CC1. The molecule has 1 aliphatic rings. The van der Waals surface area contributed by atoms with Crippen molar-refractivity contribution >= 4 is 23.1 Å². The third kappa shape index (κ3) is 4.12. The molecule has 1 amide bonds. The first-order valence-electron chi connectivity index (χ1n) is 9.15. The number of rotatable bonds is 5. The molecule has 1 saturated heterocycles. The van der Waals surface area contributed by atoms with E-state index in [1.807, 2.05) is 42.2 Å². The zero-order valence-electron chi connectivity index (χ0n) is 15.6. The second-order valence-electron chi connectivity index (χ2n) is 6.47. The Kier molecular flexibility index (Phi) is 5.48. The number of anilines is 1. The topological polar surface area (TPSA) is 71.5 Å². The van der Waals surface area contributed by atoms with Gasteiger partial charge in [0.25, 0.3) is 5.91 Å². The molecule has 0 spiro atoms. The number of piperazine rings is 1. The van der Waals surface area contributed by atoms with Crippen molar-refractivity contribution in [3.8, 4) is 5.75 Å². The van der Waals surface area contributed by atoms with Gasteiger partial charge in [0, 0.05) is 38.6 Å². The normalized spacial score (nSPS) is 14.2. The van der Waals surface area contributed by atoms with Gasteiger partial charge in [0.05, 0.1) is 11.9 Å². The van der Waals surface area contributed by atoms with Gasteiger partial charge in [0.2, 0.25) is 0 Å². The Bertz CT molecular complexity index is 924. The van der Waals surface area contributed by atoms with E-state index in [1.165, 1.54) is 11.3 Å². The summed E-state index contributed by atoms with van der Waals surface area (Å²) in [5.41, 5.74) is 0.756. The number of carbonyl (C=O) groups excluding carboxylic acids is 1. The molecular weight excluding hydrogens is 374 g/mol. The van der Waals surface area contributed by atoms with Crippen molar-refractivity contribution in [1.82, 2.24) is 19.9 Å². The highest BCUT2D eigenvalue weighted by Gasteiger charge is 2.26. The zero-order chi connectivity index (χ0) is 19.3. The number of hydrogen-bond donors (Lipinski definition) is 0. The Morgan fingerprint density at radius 1 is 1.14 bits per heavy atom. The second kappa shape index (κ2) is 8.35. The summed E-state index contributed by atoms with van der Waals surface area (Å²) >= 11 is 1.40. The van der Waals surface area contributed by atoms with Crippen LogP contribution in [0.25, 0.3) is 0 Å². The third-order valence-corrected chi connectivity index (χ3v) is 5.69. The van der Waals surface area contributed by atoms with Crippen LogP contribution >= 0.6 is 11.3 Å².